The monoisotopic (exact) mass is 713 g/mol. The molecule has 14 bridgehead atoms. The van der Waals surface area contributed by atoms with Crippen molar-refractivity contribution in [2.45, 2.75) is 62.1 Å². The van der Waals surface area contributed by atoms with Gasteiger partial charge in [0.2, 0.25) is 0 Å². The molecule has 9 heterocycles. The summed E-state index contributed by atoms with van der Waals surface area (Å²) < 4.78 is 93.3. The van der Waals surface area contributed by atoms with Crippen molar-refractivity contribution >= 4 is 43.8 Å². The highest BCUT2D eigenvalue weighted by Gasteiger charge is 2.55. The predicted molar refractivity (Wildman–Crippen MR) is 156 cm³/mol. The number of ether oxygens (including phenoxy) is 2. The van der Waals surface area contributed by atoms with E-state index in [2.05, 4.69) is 35.2 Å². The molecule has 3 saturated heterocycles. The summed E-state index contributed by atoms with van der Waals surface area (Å²) in [6.45, 7) is -1.39. The fraction of sp³-hybridized carbons (Fsp3) is 0.520. The standard InChI is InChI=1S/C25H27F2N9O10P2/c26-15-19-13-6-41-48(39,40)46-20-14(7-42-47(37,38)45-19)44-25(16(20)27)36-11-34-18-21(30-9-32-23(18)36)28-5-3-1-2-4-12-17-22(31-8-29-12)35(10-33-17)24(15)43-13/h1,3,8-11,13-16,19-20,24-25H,2,4-7H2,(H,37,38)(H,39,40)(H,28,30,32)/b3-1+/t13-,14-,15-,16-,19-,20-,24-,25?/m1/s1. The Morgan fingerprint density at radius 2 is 1.33 bits per heavy atom. The summed E-state index contributed by atoms with van der Waals surface area (Å²) in [5, 5.41) is 3.13. The molecule has 256 valence electrons. The lowest BCUT2D eigenvalue weighted by molar-refractivity contribution is -0.0662. The fourth-order valence-electron chi connectivity index (χ4n) is 6.07. The number of rotatable bonds is 0. The summed E-state index contributed by atoms with van der Waals surface area (Å²) >= 11 is 0. The van der Waals surface area contributed by atoms with E-state index in [9.17, 15) is 18.9 Å². The highest BCUT2D eigenvalue weighted by atomic mass is 31.2. The summed E-state index contributed by atoms with van der Waals surface area (Å²) in [6, 6.07) is 0. The third kappa shape index (κ3) is 5.73. The van der Waals surface area contributed by atoms with Crippen molar-refractivity contribution < 1.29 is 55.3 Å². The van der Waals surface area contributed by atoms with Crippen LogP contribution in [0.3, 0.4) is 0 Å². The first-order valence-corrected chi connectivity index (χ1v) is 17.7. The molecule has 0 radical (unpaired) electrons. The van der Waals surface area contributed by atoms with Gasteiger partial charge in [0.05, 0.1) is 31.6 Å². The maximum atomic E-state index is 16.1. The lowest BCUT2D eigenvalue weighted by Gasteiger charge is -2.27. The molecule has 0 aromatic carbocycles. The summed E-state index contributed by atoms with van der Waals surface area (Å²) in [5.74, 6) is 0.341. The minimum atomic E-state index is -5.11. The van der Waals surface area contributed by atoms with Crippen LogP contribution in [0, 0.1) is 0 Å². The molecule has 4 aromatic heterocycles. The maximum Gasteiger partial charge on any atom is 0.472 e. The van der Waals surface area contributed by atoms with Gasteiger partial charge in [0.1, 0.15) is 42.6 Å². The Kier molecular flexibility index (Phi) is 8.10. The molecule has 3 unspecified atom stereocenters. The van der Waals surface area contributed by atoms with Gasteiger partial charge >= 0.3 is 15.6 Å². The zero-order chi connectivity index (χ0) is 33.2. The van der Waals surface area contributed by atoms with Crippen LogP contribution in [0.25, 0.3) is 22.3 Å². The Balaban J connectivity index is 1.21. The van der Waals surface area contributed by atoms with Crippen molar-refractivity contribution in [3.63, 3.8) is 0 Å². The zero-order valence-corrected chi connectivity index (χ0v) is 26.3. The van der Waals surface area contributed by atoms with Crippen molar-refractivity contribution in [2.24, 2.45) is 0 Å². The average Bonchev–Trinajstić information content (AvgIpc) is 3.81. The number of anilines is 1. The van der Waals surface area contributed by atoms with Gasteiger partial charge in [-0.25, -0.2) is 47.8 Å². The third-order valence-electron chi connectivity index (χ3n) is 8.29. The predicted octanol–water partition coefficient (Wildman–Crippen LogP) is 2.07. The number of halogens is 2. The molecule has 23 heteroatoms. The Labute approximate surface area is 268 Å². The lowest BCUT2D eigenvalue weighted by Crippen LogP contribution is -2.37. The second kappa shape index (κ2) is 12.2. The number of fused-ring (bicyclic) bond motifs is 10. The van der Waals surface area contributed by atoms with Crippen molar-refractivity contribution in [3.05, 3.63) is 43.2 Å². The quantitative estimate of drug-likeness (QED) is 0.175. The van der Waals surface area contributed by atoms with Crippen LogP contribution in [-0.4, -0.2) is 105 Å². The normalized spacial score (nSPS) is 38.2. The van der Waals surface area contributed by atoms with E-state index >= 15 is 8.78 Å². The molecular formula is C25H27F2N9O10P2. The Hall–Kier alpha value is -3.36. The van der Waals surface area contributed by atoms with Crippen LogP contribution in [0.15, 0.2) is 37.5 Å². The lowest BCUT2D eigenvalue weighted by atomic mass is 10.1. The number of imidazole rings is 2. The first kappa shape index (κ1) is 31.9. The molecule has 0 spiro atoms. The van der Waals surface area contributed by atoms with E-state index in [-0.39, 0.29) is 16.8 Å². The average molecular weight is 713 g/mol. The number of aromatic nitrogens is 8. The minimum absolute atomic E-state index is 0.150. The SMILES string of the molecule is O=P1(O)OC[C@H]2O[C@@H]3[C@H](F)[C@@H]2OP(=O)(O)OC[C@H]2OC([C@H](F)[C@@H]2O1)n1cnc2c(ncnc21)NC/C=C/CCc1ncnc2c1ncn23. The van der Waals surface area contributed by atoms with E-state index in [0.717, 1.165) is 0 Å². The van der Waals surface area contributed by atoms with Crippen LogP contribution in [0.4, 0.5) is 14.6 Å². The molecule has 0 aliphatic carbocycles. The summed E-state index contributed by atoms with van der Waals surface area (Å²) in [5.41, 5.74) is 1.56. The summed E-state index contributed by atoms with van der Waals surface area (Å²) in [4.78, 5) is 46.9. The van der Waals surface area contributed by atoms with Crippen molar-refractivity contribution in [1.29, 1.82) is 0 Å². The van der Waals surface area contributed by atoms with Gasteiger partial charge in [0.15, 0.2) is 47.4 Å². The van der Waals surface area contributed by atoms with Crippen LogP contribution in [0.2, 0.25) is 0 Å². The number of aryl methyl sites for hydroxylation is 1. The first-order valence-electron chi connectivity index (χ1n) is 14.7. The van der Waals surface area contributed by atoms with Gasteiger partial charge in [-0.05, 0) is 12.8 Å². The van der Waals surface area contributed by atoms with Gasteiger partial charge < -0.3 is 24.6 Å². The Morgan fingerprint density at radius 3 is 1.96 bits per heavy atom. The second-order valence-electron chi connectivity index (χ2n) is 11.3. The largest absolute Gasteiger partial charge is 0.472 e. The smallest absolute Gasteiger partial charge is 0.365 e. The Morgan fingerprint density at radius 1 is 0.771 bits per heavy atom. The molecule has 5 aliphatic heterocycles. The molecule has 19 nitrogen and oxygen atoms in total. The summed E-state index contributed by atoms with van der Waals surface area (Å²) in [6.07, 6.45) is -4.36. The molecule has 4 aromatic rings. The molecule has 48 heavy (non-hydrogen) atoms. The van der Waals surface area contributed by atoms with Crippen LogP contribution < -0.4 is 5.32 Å². The van der Waals surface area contributed by atoms with Crippen LogP contribution >= 0.6 is 15.6 Å². The van der Waals surface area contributed by atoms with E-state index < -0.39 is 78.1 Å². The van der Waals surface area contributed by atoms with Crippen LogP contribution in [0.5, 0.6) is 0 Å². The number of phosphoric ester groups is 2. The van der Waals surface area contributed by atoms with Gasteiger partial charge in [0, 0.05) is 6.54 Å². The number of allylic oxidation sites excluding steroid dienone is 1. The highest BCUT2D eigenvalue weighted by Crippen LogP contribution is 2.54. The molecule has 3 N–H and O–H groups in total. The third-order valence-corrected chi connectivity index (χ3v) is 10.3. The second-order valence-corrected chi connectivity index (χ2v) is 14.1. The molecule has 0 saturated carbocycles. The van der Waals surface area contributed by atoms with Gasteiger partial charge in [-0.3, -0.25) is 27.2 Å². The molecule has 5 aliphatic rings. The molecule has 9 rings (SSSR count). The van der Waals surface area contributed by atoms with Gasteiger partial charge in [0.25, 0.3) is 0 Å². The van der Waals surface area contributed by atoms with Gasteiger partial charge in [-0.1, -0.05) is 12.2 Å². The first-order chi connectivity index (χ1) is 23.1. The number of hydrogen-bond donors (Lipinski definition) is 3. The van der Waals surface area contributed by atoms with E-state index in [1.807, 2.05) is 12.2 Å². The van der Waals surface area contributed by atoms with Gasteiger partial charge in [-0.15, -0.1) is 0 Å². The minimum Gasteiger partial charge on any atom is -0.365 e. The van der Waals surface area contributed by atoms with Crippen molar-refractivity contribution in [1.82, 2.24) is 39.0 Å². The highest BCUT2D eigenvalue weighted by molar-refractivity contribution is 7.47. The summed E-state index contributed by atoms with van der Waals surface area (Å²) in [7, 11) is -10.2. The number of nitrogens with zero attached hydrogens (tertiary/aromatic N) is 8. The zero-order valence-electron chi connectivity index (χ0n) is 24.5. The molecule has 3 fully saturated rings. The van der Waals surface area contributed by atoms with E-state index in [1.165, 1.54) is 34.4 Å². The van der Waals surface area contributed by atoms with E-state index in [4.69, 9.17) is 27.6 Å². The van der Waals surface area contributed by atoms with E-state index in [0.29, 0.717) is 36.4 Å². The molecule has 10 atom stereocenters. The van der Waals surface area contributed by atoms with Crippen LogP contribution in [0.1, 0.15) is 24.6 Å². The van der Waals surface area contributed by atoms with Crippen LogP contribution in [-0.2, 0) is 43.1 Å². The van der Waals surface area contributed by atoms with E-state index in [1.54, 1.807) is 0 Å². The Bertz CT molecular complexity index is 1850. The number of alkyl halides is 2. The van der Waals surface area contributed by atoms with Crippen molar-refractivity contribution in [3.8, 4) is 0 Å². The number of hydrogen-bond acceptors (Lipinski definition) is 15. The van der Waals surface area contributed by atoms with Crippen molar-refractivity contribution in [2.75, 3.05) is 25.1 Å². The topological polar surface area (TPSA) is 229 Å². The molecule has 0 amide bonds. The fourth-order valence-corrected chi connectivity index (χ4v) is 7.99. The molecular weight excluding hydrogens is 686 g/mol. The maximum absolute atomic E-state index is 16.1. The number of nitrogens with one attached hydrogen (secondary N) is 1. The van der Waals surface area contributed by atoms with Gasteiger partial charge in [-0.2, -0.15) is 0 Å². The number of phosphoric acid groups is 2.